The van der Waals surface area contributed by atoms with Gasteiger partial charge in [-0.05, 0) is 23.8 Å². The Morgan fingerprint density at radius 2 is 1.75 bits per heavy atom. The highest BCUT2D eigenvalue weighted by atomic mass is 32.2. The van der Waals surface area contributed by atoms with E-state index >= 15 is 0 Å². The highest BCUT2D eigenvalue weighted by molar-refractivity contribution is 8.14. The van der Waals surface area contributed by atoms with Crippen LogP contribution in [0.15, 0.2) is 43.0 Å². The first kappa shape index (κ1) is 48.0. The number of para-hydroxylation sites is 1. The van der Waals surface area contributed by atoms with Gasteiger partial charge in [-0.2, -0.15) is 0 Å². The van der Waals surface area contributed by atoms with Crippen molar-refractivity contribution in [3.63, 3.8) is 0 Å². The molecule has 3 aromatic rings. The van der Waals surface area contributed by atoms with Crippen LogP contribution in [-0.4, -0.2) is 103 Å². The molecular formula is C30H39N8O17P3S-4. The van der Waals surface area contributed by atoms with E-state index in [-0.39, 0.29) is 47.4 Å². The highest BCUT2D eigenvalue weighted by Crippen LogP contribution is 2.56. The predicted molar refractivity (Wildman–Crippen MR) is 198 cm³/mol. The molecule has 29 heteroatoms. The molecule has 1 fully saturated rings. The normalized spacial score (nSPS) is 21.2. The van der Waals surface area contributed by atoms with Crippen LogP contribution >= 0.6 is 35.2 Å². The van der Waals surface area contributed by atoms with Gasteiger partial charge >= 0.3 is 0 Å². The fraction of sp³-hybridized carbons (Fsp3) is 0.467. The van der Waals surface area contributed by atoms with Crippen molar-refractivity contribution in [3.8, 4) is 0 Å². The molecule has 59 heavy (non-hydrogen) atoms. The van der Waals surface area contributed by atoms with Crippen molar-refractivity contribution in [3.05, 3.63) is 48.6 Å². The Balaban J connectivity index is 1.21. The fourth-order valence-electron chi connectivity index (χ4n) is 5.13. The Morgan fingerprint density at radius 3 is 2.44 bits per heavy atom. The lowest BCUT2D eigenvalue weighted by molar-refractivity contribution is -0.347. The number of nitrogens with one attached hydrogen (secondary N) is 2. The molecule has 2 unspecified atom stereocenters. The summed E-state index contributed by atoms with van der Waals surface area (Å²) in [5.41, 5.74) is 11.1. The maximum atomic E-state index is 12.6. The second kappa shape index (κ2) is 20.3. The standard InChI is InChI=1S/C30H43N8O17P3S/c1-30(2,25(42)28(43)34-10-9-20(39)33-11-12-59-21(40)8-7-17-5-3-4-6-18(17)31)14-52-58(49,50)55-57(47,48)51-13-19-24(54-56(44,45)46)23(41)29(53-19)38-16-37-22-26(32)35-15-36-27(22)38/h3-8,15-16,19,23-25,29,41-42H,9-14,31H2,1-2H3,(H,33,39)(H,34,43)(H,47,48)(H,49,50)(H2,32,35,36)(H2,44,45,46)/p-4/b8-7+/t19-,23-,24-,25+,29-/m1/s1. The number of imidazole rings is 1. The number of carbonyl (C=O) groups excluding carboxylic acids is 3. The molecule has 0 saturated carbocycles. The minimum Gasteiger partial charge on any atom is -0.790 e. The van der Waals surface area contributed by atoms with Gasteiger partial charge in [-0.1, -0.05) is 43.8 Å². The third-order valence-corrected chi connectivity index (χ3v) is 12.0. The van der Waals surface area contributed by atoms with Gasteiger partial charge < -0.3 is 74.8 Å². The molecule has 3 heterocycles. The molecule has 326 valence electrons. The third kappa shape index (κ3) is 14.2. The van der Waals surface area contributed by atoms with Crippen LogP contribution in [0.3, 0.4) is 0 Å². The van der Waals surface area contributed by atoms with Crippen molar-refractivity contribution >= 4 is 80.9 Å². The average Bonchev–Trinajstić information content (AvgIpc) is 3.71. The van der Waals surface area contributed by atoms with Crippen molar-refractivity contribution in [2.24, 2.45) is 5.41 Å². The van der Waals surface area contributed by atoms with Gasteiger partial charge in [-0.25, -0.2) is 19.3 Å². The van der Waals surface area contributed by atoms with E-state index in [1.54, 1.807) is 30.3 Å². The summed E-state index contributed by atoms with van der Waals surface area (Å²) in [6.45, 7) is -0.0262. The summed E-state index contributed by atoms with van der Waals surface area (Å²) in [7, 11) is -17.6. The third-order valence-electron chi connectivity index (χ3n) is 8.12. The zero-order valence-electron chi connectivity index (χ0n) is 31.0. The molecule has 1 saturated heterocycles. The van der Waals surface area contributed by atoms with Crippen molar-refractivity contribution in [1.29, 1.82) is 0 Å². The van der Waals surface area contributed by atoms with Gasteiger partial charge in [0.2, 0.25) is 16.9 Å². The molecular weight excluding hydrogens is 869 g/mol. The van der Waals surface area contributed by atoms with Gasteiger partial charge in [0.1, 0.15) is 36.3 Å². The summed E-state index contributed by atoms with van der Waals surface area (Å²) in [6.07, 6.45) is -4.74. The summed E-state index contributed by atoms with van der Waals surface area (Å²) in [6, 6.07) is 6.97. The van der Waals surface area contributed by atoms with Crippen LogP contribution in [0.1, 0.15) is 32.1 Å². The number of aliphatic hydroxyl groups is 2. The number of benzene rings is 1. The maximum absolute atomic E-state index is 12.6. The molecule has 1 aliphatic heterocycles. The second-order valence-corrected chi connectivity index (χ2v) is 18.3. The number of hydrogen-bond acceptors (Lipinski definition) is 23. The number of thioether (sulfide) groups is 1. The van der Waals surface area contributed by atoms with E-state index in [2.05, 4.69) is 43.5 Å². The molecule has 0 spiro atoms. The molecule has 8 N–H and O–H groups in total. The Kier molecular flexibility index (Phi) is 16.5. The zero-order valence-corrected chi connectivity index (χ0v) is 34.5. The number of nitrogen functional groups attached to an aromatic ring is 2. The molecule has 25 nitrogen and oxygen atoms in total. The number of nitrogens with zero attached hydrogens (tertiary/aromatic N) is 4. The van der Waals surface area contributed by atoms with Gasteiger partial charge in [-0.15, -0.1) is 0 Å². The Labute approximate surface area is 339 Å². The topological polar surface area (TPSA) is 401 Å². The maximum Gasteiger partial charge on any atom is 0.274 e. The number of carbonyl (C=O) groups is 3. The Morgan fingerprint density at radius 1 is 1.05 bits per heavy atom. The van der Waals surface area contributed by atoms with Crippen molar-refractivity contribution in [2.75, 3.05) is 43.5 Å². The highest BCUT2D eigenvalue weighted by Gasteiger charge is 2.47. The smallest absolute Gasteiger partial charge is 0.274 e. The van der Waals surface area contributed by atoms with E-state index in [1.165, 1.54) is 19.9 Å². The molecule has 0 radical (unpaired) electrons. The van der Waals surface area contributed by atoms with E-state index in [0.29, 0.717) is 11.3 Å². The number of aromatic nitrogens is 4. The second-order valence-electron chi connectivity index (χ2n) is 13.1. The number of anilines is 2. The zero-order chi connectivity index (χ0) is 43.8. The quantitative estimate of drug-likeness (QED) is 0.0277. The Hall–Kier alpha value is -3.68. The summed E-state index contributed by atoms with van der Waals surface area (Å²) in [5.74, 6) is -1.35. The lowest BCUT2D eigenvalue weighted by Crippen LogP contribution is -2.46. The van der Waals surface area contributed by atoms with Gasteiger partial charge in [0.05, 0.1) is 27.4 Å². The number of phosphoric acid groups is 3. The van der Waals surface area contributed by atoms with Crippen LogP contribution in [0, 0.1) is 5.41 Å². The van der Waals surface area contributed by atoms with Gasteiger partial charge in [0.15, 0.2) is 17.7 Å². The molecule has 2 amide bonds. The number of aliphatic hydroxyl groups excluding tert-OH is 2. The summed E-state index contributed by atoms with van der Waals surface area (Å²) < 4.78 is 60.5. The summed E-state index contributed by atoms with van der Waals surface area (Å²) in [4.78, 5) is 96.3. The predicted octanol–water partition coefficient (Wildman–Crippen LogP) is -2.57. The summed E-state index contributed by atoms with van der Waals surface area (Å²) >= 11 is 0.956. The lowest BCUT2D eigenvalue weighted by Gasteiger charge is -2.36. The molecule has 0 aliphatic carbocycles. The fourth-order valence-corrected chi connectivity index (χ4v) is 8.43. The van der Waals surface area contributed by atoms with E-state index in [4.69, 9.17) is 16.2 Å². The first-order valence-corrected chi connectivity index (χ1v) is 22.4. The van der Waals surface area contributed by atoms with Crippen LogP contribution in [0.5, 0.6) is 0 Å². The SMILES string of the molecule is CC(C)(COP(=O)([O-])OP(=O)([O-])OC[C@H]1O[C@@H](n2cnc3c(N)ncnc32)[C@H](O)[C@@H]1OP(=O)([O-])[O-])[C@@H](O)C(=O)NCCC(=O)NCCSC(=O)/C=C/c1ccccc1N. The first-order chi connectivity index (χ1) is 27.5. The van der Waals surface area contributed by atoms with Crippen LogP contribution < -0.4 is 41.7 Å². The molecule has 1 aromatic carbocycles. The van der Waals surface area contributed by atoms with E-state index in [0.717, 1.165) is 29.0 Å². The molecule has 4 rings (SSSR count). The number of phosphoric ester groups is 3. The Bertz CT molecular complexity index is 2160. The largest absolute Gasteiger partial charge is 0.790 e. The number of rotatable bonds is 21. The van der Waals surface area contributed by atoms with E-state index < -0.39 is 84.6 Å². The van der Waals surface area contributed by atoms with Crippen molar-refractivity contribution < 1.29 is 80.5 Å². The monoisotopic (exact) mass is 908 g/mol. The lowest BCUT2D eigenvalue weighted by atomic mass is 9.87. The molecule has 2 aromatic heterocycles. The number of amides is 2. The van der Waals surface area contributed by atoms with Gasteiger partial charge in [0.25, 0.3) is 15.6 Å². The molecule has 7 atom stereocenters. The van der Waals surface area contributed by atoms with Crippen LogP contribution in [0.2, 0.25) is 0 Å². The van der Waals surface area contributed by atoms with Crippen molar-refractivity contribution in [2.45, 2.75) is 50.9 Å². The number of hydrogen-bond donors (Lipinski definition) is 6. The number of fused-ring (bicyclic) bond motifs is 1. The average molecular weight is 909 g/mol. The number of nitrogens with two attached hydrogens (primary N) is 2. The van der Waals surface area contributed by atoms with Crippen LogP contribution in [0.25, 0.3) is 17.2 Å². The van der Waals surface area contributed by atoms with Crippen molar-refractivity contribution in [1.82, 2.24) is 30.2 Å². The van der Waals surface area contributed by atoms with E-state index in [9.17, 15) is 57.9 Å². The summed E-state index contributed by atoms with van der Waals surface area (Å²) in [5, 5.41) is 25.9. The first-order valence-electron chi connectivity index (χ1n) is 17.0. The van der Waals surface area contributed by atoms with E-state index in [1.807, 2.05) is 0 Å². The van der Waals surface area contributed by atoms with Crippen LogP contribution in [0.4, 0.5) is 11.5 Å². The minimum atomic E-state index is -5.92. The minimum absolute atomic E-state index is 0.0257. The molecule has 0 bridgehead atoms. The molecule has 1 aliphatic rings. The van der Waals surface area contributed by atoms with Crippen LogP contribution in [-0.2, 0) is 50.7 Å². The number of ether oxygens (including phenoxy) is 1. The van der Waals surface area contributed by atoms with Gasteiger partial charge in [0, 0.05) is 36.4 Å². The van der Waals surface area contributed by atoms with Gasteiger partial charge in [-0.3, -0.25) is 28.1 Å².